The third-order valence-corrected chi connectivity index (χ3v) is 4.82. The van der Waals surface area contributed by atoms with Crippen molar-refractivity contribution >= 4 is 0 Å². The summed E-state index contributed by atoms with van der Waals surface area (Å²) in [5.74, 6) is 1.29. The summed E-state index contributed by atoms with van der Waals surface area (Å²) in [6.07, 6.45) is 8.29. The minimum absolute atomic E-state index is 0.0186. The zero-order chi connectivity index (χ0) is 15.5. The minimum Gasteiger partial charge on any atom is -0.492 e. The summed E-state index contributed by atoms with van der Waals surface area (Å²) in [5.41, 5.74) is 1.28. The molecule has 0 N–H and O–H groups in total. The van der Waals surface area contributed by atoms with E-state index in [4.69, 9.17) is 9.47 Å². The van der Waals surface area contributed by atoms with Crippen LogP contribution in [0, 0.1) is 5.92 Å². The lowest BCUT2D eigenvalue weighted by atomic mass is 9.81. The van der Waals surface area contributed by atoms with Crippen molar-refractivity contribution < 1.29 is 9.47 Å². The molecule has 2 aliphatic rings. The maximum absolute atomic E-state index is 6.10. The molecule has 0 radical (unpaired) electrons. The van der Waals surface area contributed by atoms with E-state index in [1.54, 1.807) is 12.4 Å². The fourth-order valence-electron chi connectivity index (χ4n) is 3.57. The Morgan fingerprint density at radius 3 is 2.83 bits per heavy atom. The molecule has 2 aromatic heterocycles. The van der Waals surface area contributed by atoms with Crippen molar-refractivity contribution in [3.8, 4) is 5.75 Å². The molecule has 2 aliphatic heterocycles. The molecule has 0 aromatic carbocycles. The average molecular weight is 311 g/mol. The van der Waals surface area contributed by atoms with Gasteiger partial charge in [-0.15, -0.1) is 0 Å². The molecule has 0 bridgehead atoms. The van der Waals surface area contributed by atoms with E-state index in [9.17, 15) is 0 Å². The van der Waals surface area contributed by atoms with E-state index in [0.717, 1.165) is 38.4 Å². The quantitative estimate of drug-likeness (QED) is 0.847. The fraction of sp³-hybridized carbons (Fsp3) is 0.444. The lowest BCUT2D eigenvalue weighted by Gasteiger charge is -2.50. The third kappa shape index (κ3) is 3.07. The van der Waals surface area contributed by atoms with Gasteiger partial charge in [-0.3, -0.25) is 14.9 Å². The number of hydrogen-bond acceptors (Lipinski definition) is 5. The molecule has 120 valence electrons. The average Bonchev–Trinajstić information content (AvgIpc) is 2.98. The highest BCUT2D eigenvalue weighted by Gasteiger charge is 2.53. The number of hydrogen-bond donors (Lipinski definition) is 0. The van der Waals surface area contributed by atoms with E-state index < -0.39 is 0 Å². The van der Waals surface area contributed by atoms with Crippen LogP contribution in [0.4, 0.5) is 0 Å². The van der Waals surface area contributed by atoms with Gasteiger partial charge >= 0.3 is 0 Å². The highest BCUT2D eigenvalue weighted by atomic mass is 16.5. The van der Waals surface area contributed by atoms with Gasteiger partial charge in [-0.25, -0.2) is 0 Å². The van der Waals surface area contributed by atoms with Crippen LogP contribution in [0.3, 0.4) is 0 Å². The van der Waals surface area contributed by atoms with Gasteiger partial charge < -0.3 is 9.47 Å². The van der Waals surface area contributed by atoms with Gasteiger partial charge in [-0.2, -0.15) is 0 Å². The van der Waals surface area contributed by atoms with Crippen LogP contribution in [0.1, 0.15) is 12.0 Å². The number of likely N-dealkylation sites (tertiary alicyclic amines) is 1. The molecule has 5 heteroatoms. The largest absolute Gasteiger partial charge is 0.492 e. The Kier molecular flexibility index (Phi) is 3.97. The van der Waals surface area contributed by atoms with Gasteiger partial charge in [0.25, 0.3) is 0 Å². The Morgan fingerprint density at radius 2 is 2.04 bits per heavy atom. The standard InChI is InChI=1S/C18H21N3O2/c1-2-17(10-20-6-1)22-12-16-5-9-23-18(16)13-21(14-18)11-15-3-7-19-8-4-15/h1-4,6-8,10,16H,5,9,11-14H2/t16-/m0/s1. The Bertz CT molecular complexity index is 629. The Hall–Kier alpha value is -1.98. The van der Waals surface area contributed by atoms with Gasteiger partial charge in [0.2, 0.25) is 0 Å². The van der Waals surface area contributed by atoms with Gasteiger partial charge in [0, 0.05) is 50.7 Å². The molecule has 2 aromatic rings. The highest BCUT2D eigenvalue weighted by Crippen LogP contribution is 2.40. The second-order valence-electron chi connectivity index (χ2n) is 6.40. The van der Waals surface area contributed by atoms with Crippen LogP contribution in [-0.2, 0) is 11.3 Å². The van der Waals surface area contributed by atoms with Crippen LogP contribution < -0.4 is 4.74 Å². The third-order valence-electron chi connectivity index (χ3n) is 4.82. The fourth-order valence-corrected chi connectivity index (χ4v) is 3.57. The zero-order valence-corrected chi connectivity index (χ0v) is 13.1. The van der Waals surface area contributed by atoms with Crippen LogP contribution in [0.15, 0.2) is 49.1 Å². The highest BCUT2D eigenvalue weighted by molar-refractivity contribution is 5.16. The van der Waals surface area contributed by atoms with Crippen molar-refractivity contribution in [2.75, 3.05) is 26.3 Å². The molecule has 1 spiro atoms. The SMILES string of the molecule is c1cncc(OC[C@@H]2CCOC23CN(Cc2ccncc2)C3)c1. The first-order chi connectivity index (χ1) is 11.3. The normalized spacial score (nSPS) is 22.9. The second-order valence-corrected chi connectivity index (χ2v) is 6.40. The van der Waals surface area contributed by atoms with E-state index in [1.165, 1.54) is 5.56 Å². The second kappa shape index (κ2) is 6.26. The Labute approximate surface area is 136 Å². The molecular weight excluding hydrogens is 290 g/mol. The number of pyridine rings is 2. The number of rotatable bonds is 5. The Balaban J connectivity index is 1.32. The molecule has 23 heavy (non-hydrogen) atoms. The number of nitrogens with zero attached hydrogens (tertiary/aromatic N) is 3. The van der Waals surface area contributed by atoms with Gasteiger partial charge in [0.15, 0.2) is 0 Å². The molecule has 0 aliphatic carbocycles. The van der Waals surface area contributed by atoms with E-state index >= 15 is 0 Å². The number of ether oxygens (including phenoxy) is 2. The van der Waals surface area contributed by atoms with Crippen molar-refractivity contribution in [1.82, 2.24) is 14.9 Å². The van der Waals surface area contributed by atoms with Crippen molar-refractivity contribution in [2.45, 2.75) is 18.6 Å². The van der Waals surface area contributed by atoms with Gasteiger partial charge in [0.1, 0.15) is 5.75 Å². The molecule has 0 amide bonds. The summed E-state index contributed by atoms with van der Waals surface area (Å²) >= 11 is 0. The summed E-state index contributed by atoms with van der Waals surface area (Å²) in [5, 5.41) is 0. The summed E-state index contributed by atoms with van der Waals surface area (Å²) in [6.45, 7) is 4.47. The number of aromatic nitrogens is 2. The molecule has 0 saturated carbocycles. The summed E-state index contributed by atoms with van der Waals surface area (Å²) in [6, 6.07) is 8.00. The van der Waals surface area contributed by atoms with Crippen molar-refractivity contribution in [3.63, 3.8) is 0 Å². The van der Waals surface area contributed by atoms with Crippen LogP contribution in [-0.4, -0.2) is 46.8 Å². The summed E-state index contributed by atoms with van der Waals surface area (Å²) in [4.78, 5) is 10.6. The zero-order valence-electron chi connectivity index (χ0n) is 13.1. The van der Waals surface area contributed by atoms with Crippen LogP contribution in [0.2, 0.25) is 0 Å². The molecular formula is C18H21N3O2. The van der Waals surface area contributed by atoms with Gasteiger partial charge in [0.05, 0.1) is 18.4 Å². The van der Waals surface area contributed by atoms with Crippen molar-refractivity contribution in [1.29, 1.82) is 0 Å². The molecule has 2 saturated heterocycles. The first-order valence-corrected chi connectivity index (χ1v) is 8.12. The topological polar surface area (TPSA) is 47.5 Å². The maximum Gasteiger partial charge on any atom is 0.137 e. The van der Waals surface area contributed by atoms with E-state index in [2.05, 4.69) is 27.0 Å². The lowest BCUT2D eigenvalue weighted by Crippen LogP contribution is -2.64. The van der Waals surface area contributed by atoms with Crippen LogP contribution in [0.25, 0.3) is 0 Å². The molecule has 1 atom stereocenters. The first-order valence-electron chi connectivity index (χ1n) is 8.12. The minimum atomic E-state index is -0.0186. The van der Waals surface area contributed by atoms with E-state index in [0.29, 0.717) is 12.5 Å². The van der Waals surface area contributed by atoms with E-state index in [1.807, 2.05) is 24.5 Å². The van der Waals surface area contributed by atoms with Crippen molar-refractivity contribution in [3.05, 3.63) is 54.6 Å². The van der Waals surface area contributed by atoms with Crippen molar-refractivity contribution in [2.24, 2.45) is 5.92 Å². The first kappa shape index (κ1) is 14.6. The van der Waals surface area contributed by atoms with E-state index in [-0.39, 0.29) is 5.60 Å². The lowest BCUT2D eigenvalue weighted by molar-refractivity contribution is -0.140. The molecule has 5 nitrogen and oxygen atoms in total. The summed E-state index contributed by atoms with van der Waals surface area (Å²) in [7, 11) is 0. The summed E-state index contributed by atoms with van der Waals surface area (Å²) < 4.78 is 12.0. The molecule has 2 fully saturated rings. The van der Waals surface area contributed by atoms with Gasteiger partial charge in [-0.05, 0) is 36.2 Å². The van der Waals surface area contributed by atoms with Gasteiger partial charge in [-0.1, -0.05) is 0 Å². The predicted molar refractivity (Wildman–Crippen MR) is 86.0 cm³/mol. The smallest absolute Gasteiger partial charge is 0.137 e. The molecule has 4 heterocycles. The Morgan fingerprint density at radius 1 is 1.17 bits per heavy atom. The van der Waals surface area contributed by atoms with Crippen LogP contribution in [0.5, 0.6) is 5.75 Å². The monoisotopic (exact) mass is 311 g/mol. The maximum atomic E-state index is 6.10. The van der Waals surface area contributed by atoms with Crippen LogP contribution >= 0.6 is 0 Å². The predicted octanol–water partition coefficient (Wildman–Crippen LogP) is 2.15. The molecule has 4 rings (SSSR count). The molecule has 0 unspecified atom stereocenters.